The van der Waals surface area contributed by atoms with Gasteiger partial charge in [-0.1, -0.05) is 0 Å². The van der Waals surface area contributed by atoms with Crippen LogP contribution in [0.4, 0.5) is 0 Å². The summed E-state index contributed by atoms with van der Waals surface area (Å²) < 4.78 is 0. The summed E-state index contributed by atoms with van der Waals surface area (Å²) in [5, 5.41) is 3.47. The van der Waals surface area contributed by atoms with Crippen LogP contribution in [-0.2, 0) is 4.79 Å². The average molecular weight is 293 g/mol. The van der Waals surface area contributed by atoms with Gasteiger partial charge in [-0.05, 0) is 59.0 Å². The number of likely N-dealkylation sites (tertiary alicyclic amines) is 1. The maximum absolute atomic E-state index is 12.5. The third kappa shape index (κ3) is 2.50. The summed E-state index contributed by atoms with van der Waals surface area (Å²) in [5.41, 5.74) is 0. The summed E-state index contributed by atoms with van der Waals surface area (Å²) in [6.07, 6.45) is 2.24. The van der Waals surface area contributed by atoms with E-state index in [4.69, 9.17) is 0 Å². The second kappa shape index (κ2) is 5.47. The Morgan fingerprint density at radius 2 is 2.00 bits per heavy atom. The lowest BCUT2D eigenvalue weighted by Crippen LogP contribution is -2.46. The lowest BCUT2D eigenvalue weighted by Gasteiger charge is -2.37. The standard InChI is InChI=1S/C15H23N3OS/c1-10-4-5-13(20-10)14-16-11(2)15(19)18(14)12-6-8-17(3)9-7-12/h4-5,11-12,14,16H,6-9H2,1-3H3. The molecule has 2 aliphatic rings. The number of rotatable bonds is 2. The number of piperidine rings is 1. The van der Waals surface area contributed by atoms with Gasteiger partial charge in [0.2, 0.25) is 5.91 Å². The zero-order valence-electron chi connectivity index (χ0n) is 12.4. The monoisotopic (exact) mass is 293 g/mol. The number of carbonyl (C=O) groups excluding carboxylic acids is 1. The van der Waals surface area contributed by atoms with Crippen molar-refractivity contribution in [1.29, 1.82) is 0 Å². The molecule has 2 unspecified atom stereocenters. The van der Waals surface area contributed by atoms with Crippen molar-refractivity contribution in [2.75, 3.05) is 20.1 Å². The number of hydrogen-bond acceptors (Lipinski definition) is 4. The van der Waals surface area contributed by atoms with Crippen molar-refractivity contribution in [3.05, 3.63) is 21.9 Å². The summed E-state index contributed by atoms with van der Waals surface area (Å²) in [6, 6.07) is 4.61. The van der Waals surface area contributed by atoms with Crippen LogP contribution < -0.4 is 5.32 Å². The summed E-state index contributed by atoms with van der Waals surface area (Å²) in [6.45, 7) is 6.26. The zero-order valence-corrected chi connectivity index (χ0v) is 13.2. The number of carbonyl (C=O) groups is 1. The van der Waals surface area contributed by atoms with Crippen molar-refractivity contribution in [3.8, 4) is 0 Å². The van der Waals surface area contributed by atoms with Crippen molar-refractivity contribution in [2.45, 2.75) is 44.9 Å². The normalized spacial score (nSPS) is 29.4. The van der Waals surface area contributed by atoms with Gasteiger partial charge in [-0.3, -0.25) is 10.1 Å². The van der Waals surface area contributed by atoms with Gasteiger partial charge in [-0.2, -0.15) is 0 Å². The zero-order chi connectivity index (χ0) is 14.3. The van der Waals surface area contributed by atoms with E-state index in [1.54, 1.807) is 11.3 Å². The Labute approximate surface area is 124 Å². The second-order valence-electron chi connectivity index (χ2n) is 6.02. The summed E-state index contributed by atoms with van der Waals surface area (Å²) in [5.74, 6) is 0.260. The summed E-state index contributed by atoms with van der Waals surface area (Å²) in [7, 11) is 2.16. The van der Waals surface area contributed by atoms with Crippen LogP contribution in [0.5, 0.6) is 0 Å². The average Bonchev–Trinajstić information content (AvgIpc) is 2.97. The van der Waals surface area contributed by atoms with Gasteiger partial charge in [0.1, 0.15) is 6.17 Å². The largest absolute Gasteiger partial charge is 0.318 e. The molecule has 2 fully saturated rings. The molecule has 0 aromatic carbocycles. The first-order valence-corrected chi connectivity index (χ1v) is 8.21. The van der Waals surface area contributed by atoms with Gasteiger partial charge in [-0.25, -0.2) is 0 Å². The fraction of sp³-hybridized carbons (Fsp3) is 0.667. The summed E-state index contributed by atoms with van der Waals surface area (Å²) in [4.78, 5) is 19.6. The van der Waals surface area contributed by atoms with Gasteiger partial charge in [0.05, 0.1) is 6.04 Å². The van der Waals surface area contributed by atoms with Gasteiger partial charge in [0.25, 0.3) is 0 Å². The Balaban J connectivity index is 1.83. The predicted molar refractivity (Wildman–Crippen MR) is 81.8 cm³/mol. The molecule has 1 aromatic heterocycles. The van der Waals surface area contributed by atoms with E-state index in [0.29, 0.717) is 6.04 Å². The highest BCUT2D eigenvalue weighted by atomic mass is 32.1. The molecule has 5 heteroatoms. The molecule has 20 heavy (non-hydrogen) atoms. The number of nitrogens with zero attached hydrogens (tertiary/aromatic N) is 2. The minimum atomic E-state index is -0.0675. The van der Waals surface area contributed by atoms with Crippen molar-refractivity contribution >= 4 is 17.2 Å². The predicted octanol–water partition coefficient (Wildman–Crippen LogP) is 1.97. The Morgan fingerprint density at radius 3 is 2.60 bits per heavy atom. The molecule has 1 N–H and O–H groups in total. The first-order valence-electron chi connectivity index (χ1n) is 7.39. The van der Waals surface area contributed by atoms with E-state index in [1.807, 2.05) is 6.92 Å². The third-order valence-electron chi connectivity index (χ3n) is 4.42. The Bertz CT molecular complexity index is 493. The van der Waals surface area contributed by atoms with E-state index in [2.05, 4.69) is 41.2 Å². The minimum absolute atomic E-state index is 0.0675. The smallest absolute Gasteiger partial charge is 0.241 e. The molecule has 2 atom stereocenters. The summed E-state index contributed by atoms with van der Waals surface area (Å²) >= 11 is 1.79. The lowest BCUT2D eigenvalue weighted by molar-refractivity contribution is -0.133. The Kier molecular flexibility index (Phi) is 3.84. The molecule has 0 spiro atoms. The van der Waals surface area contributed by atoms with Crippen LogP contribution in [0, 0.1) is 6.92 Å². The van der Waals surface area contributed by atoms with Gasteiger partial charge < -0.3 is 9.80 Å². The highest BCUT2D eigenvalue weighted by Gasteiger charge is 2.42. The topological polar surface area (TPSA) is 35.6 Å². The number of aryl methyl sites for hydroxylation is 1. The molecule has 3 heterocycles. The number of thiophene rings is 1. The van der Waals surface area contributed by atoms with Crippen molar-refractivity contribution in [1.82, 2.24) is 15.1 Å². The molecule has 0 aliphatic carbocycles. The molecule has 0 saturated carbocycles. The molecular weight excluding hydrogens is 270 g/mol. The highest BCUT2D eigenvalue weighted by molar-refractivity contribution is 7.12. The van der Waals surface area contributed by atoms with Crippen LogP contribution in [0.15, 0.2) is 12.1 Å². The van der Waals surface area contributed by atoms with Crippen LogP contribution in [0.25, 0.3) is 0 Å². The second-order valence-corrected chi connectivity index (χ2v) is 7.34. The van der Waals surface area contributed by atoms with Crippen molar-refractivity contribution in [3.63, 3.8) is 0 Å². The number of amides is 1. The van der Waals surface area contributed by atoms with Crippen molar-refractivity contribution < 1.29 is 4.79 Å². The molecule has 0 bridgehead atoms. The number of nitrogens with one attached hydrogen (secondary N) is 1. The first kappa shape index (κ1) is 14.0. The third-order valence-corrected chi connectivity index (χ3v) is 5.48. The molecule has 2 aliphatic heterocycles. The van der Waals surface area contributed by atoms with Crippen LogP contribution in [-0.4, -0.2) is 47.9 Å². The van der Waals surface area contributed by atoms with Crippen molar-refractivity contribution in [2.24, 2.45) is 0 Å². The van der Waals surface area contributed by atoms with E-state index in [-0.39, 0.29) is 18.1 Å². The lowest BCUT2D eigenvalue weighted by atomic mass is 10.0. The quantitative estimate of drug-likeness (QED) is 0.905. The molecule has 3 rings (SSSR count). The molecular formula is C15H23N3OS. The SMILES string of the molecule is Cc1ccc(C2NC(C)C(=O)N2C2CCN(C)CC2)s1. The van der Waals surface area contributed by atoms with E-state index >= 15 is 0 Å². The fourth-order valence-corrected chi connectivity index (χ4v) is 4.16. The first-order chi connectivity index (χ1) is 9.56. The Hall–Kier alpha value is -0.910. The van der Waals surface area contributed by atoms with E-state index in [0.717, 1.165) is 25.9 Å². The molecule has 1 amide bonds. The van der Waals surface area contributed by atoms with Gasteiger partial charge in [-0.15, -0.1) is 11.3 Å². The van der Waals surface area contributed by atoms with Gasteiger partial charge in [0.15, 0.2) is 0 Å². The fourth-order valence-electron chi connectivity index (χ4n) is 3.22. The molecule has 110 valence electrons. The maximum Gasteiger partial charge on any atom is 0.241 e. The molecule has 0 radical (unpaired) electrons. The highest BCUT2D eigenvalue weighted by Crippen LogP contribution is 2.34. The van der Waals surface area contributed by atoms with Crippen LogP contribution in [0.3, 0.4) is 0 Å². The van der Waals surface area contributed by atoms with E-state index < -0.39 is 0 Å². The van der Waals surface area contributed by atoms with Crippen LogP contribution in [0.1, 0.15) is 35.7 Å². The minimum Gasteiger partial charge on any atom is -0.318 e. The van der Waals surface area contributed by atoms with E-state index in [9.17, 15) is 4.79 Å². The van der Waals surface area contributed by atoms with Crippen LogP contribution >= 0.6 is 11.3 Å². The molecule has 2 saturated heterocycles. The maximum atomic E-state index is 12.5. The van der Waals surface area contributed by atoms with E-state index in [1.165, 1.54) is 9.75 Å². The molecule has 1 aromatic rings. The van der Waals surface area contributed by atoms with Gasteiger partial charge in [0, 0.05) is 15.8 Å². The Morgan fingerprint density at radius 1 is 1.30 bits per heavy atom. The number of hydrogen-bond donors (Lipinski definition) is 1. The van der Waals surface area contributed by atoms with Gasteiger partial charge >= 0.3 is 0 Å². The molecule has 4 nitrogen and oxygen atoms in total. The van der Waals surface area contributed by atoms with Crippen LogP contribution in [0.2, 0.25) is 0 Å².